The molecular weight excluding hydrogens is 388 g/mol. The van der Waals surface area contributed by atoms with E-state index in [0.717, 1.165) is 9.52 Å². The number of hydrogen-bond acceptors (Lipinski definition) is 0. The molecule has 2 unspecified atom stereocenters. The molecule has 0 saturated heterocycles. The minimum atomic E-state index is 0.398. The third-order valence-electron chi connectivity index (χ3n) is 6.39. The molecule has 146 valence electrons. The molecule has 0 bridgehead atoms. The van der Waals surface area contributed by atoms with Gasteiger partial charge in [0.1, 0.15) is 0 Å². The fourth-order valence-electron chi connectivity index (χ4n) is 5.01. The maximum atomic E-state index is 2.41. The second-order valence-corrected chi connectivity index (χ2v) is 9.71. The number of allylic oxidation sites excluding steroid dienone is 2. The Morgan fingerprint density at radius 1 is 0.548 bits per heavy atom. The van der Waals surface area contributed by atoms with Crippen molar-refractivity contribution < 1.29 is 0 Å². The SMILES string of the molecule is C1=CC([Si]C2C(c3ccccc3)=C(c3ccccc3)c3ccccc32)c2ccccc21. The lowest BCUT2D eigenvalue weighted by Gasteiger charge is -2.21. The molecule has 2 radical (unpaired) electrons. The van der Waals surface area contributed by atoms with E-state index < -0.39 is 0 Å². The molecule has 0 spiro atoms. The number of fused-ring (bicyclic) bond motifs is 2. The van der Waals surface area contributed by atoms with Crippen LogP contribution in [0.25, 0.3) is 17.2 Å². The van der Waals surface area contributed by atoms with E-state index in [1.807, 2.05) is 0 Å². The predicted octanol–water partition coefficient (Wildman–Crippen LogP) is 7.17. The van der Waals surface area contributed by atoms with Gasteiger partial charge in [0.05, 0.1) is 9.52 Å². The summed E-state index contributed by atoms with van der Waals surface area (Å²) in [5.41, 5.74) is 12.1. The van der Waals surface area contributed by atoms with Crippen molar-refractivity contribution in [1.29, 1.82) is 0 Å². The predicted molar refractivity (Wildman–Crippen MR) is 132 cm³/mol. The zero-order valence-corrected chi connectivity index (χ0v) is 18.2. The fraction of sp³-hybridized carbons (Fsp3) is 0.0667. The van der Waals surface area contributed by atoms with Gasteiger partial charge in [-0.25, -0.2) is 0 Å². The van der Waals surface area contributed by atoms with Crippen LogP contribution in [0.4, 0.5) is 0 Å². The molecule has 1 heteroatoms. The van der Waals surface area contributed by atoms with Gasteiger partial charge in [-0.15, -0.1) is 0 Å². The molecule has 0 heterocycles. The first-order chi connectivity index (χ1) is 15.4. The molecule has 0 nitrogen and oxygen atoms in total. The largest absolute Gasteiger partial charge is 0.0796 e. The van der Waals surface area contributed by atoms with Crippen molar-refractivity contribution in [2.24, 2.45) is 0 Å². The van der Waals surface area contributed by atoms with Crippen molar-refractivity contribution in [3.63, 3.8) is 0 Å². The van der Waals surface area contributed by atoms with Crippen LogP contribution in [0.15, 0.2) is 115 Å². The van der Waals surface area contributed by atoms with Crippen LogP contribution >= 0.6 is 0 Å². The van der Waals surface area contributed by atoms with E-state index >= 15 is 0 Å². The summed E-state index contributed by atoms with van der Waals surface area (Å²) >= 11 is 0. The maximum Gasteiger partial charge on any atom is 0.0679 e. The molecule has 0 saturated carbocycles. The first kappa shape index (κ1) is 18.4. The highest BCUT2D eigenvalue weighted by atomic mass is 28.2. The average Bonchev–Trinajstić information content (AvgIpc) is 3.40. The lowest BCUT2D eigenvalue weighted by molar-refractivity contribution is 1.14. The first-order valence-electron chi connectivity index (χ1n) is 10.9. The molecule has 4 aromatic rings. The van der Waals surface area contributed by atoms with Crippen LogP contribution in [0.5, 0.6) is 0 Å². The van der Waals surface area contributed by atoms with Gasteiger partial charge in [0, 0.05) is 5.54 Å². The molecule has 2 atom stereocenters. The van der Waals surface area contributed by atoms with Crippen LogP contribution in [0.3, 0.4) is 0 Å². The van der Waals surface area contributed by atoms with E-state index in [2.05, 4.69) is 121 Å². The van der Waals surface area contributed by atoms with Gasteiger partial charge in [0.25, 0.3) is 0 Å². The molecule has 0 N–H and O–H groups in total. The van der Waals surface area contributed by atoms with E-state index in [-0.39, 0.29) is 0 Å². The smallest absolute Gasteiger partial charge is 0.0679 e. The van der Waals surface area contributed by atoms with Gasteiger partial charge in [0.15, 0.2) is 0 Å². The summed E-state index contributed by atoms with van der Waals surface area (Å²) in [6.07, 6.45) is 4.71. The van der Waals surface area contributed by atoms with E-state index in [0.29, 0.717) is 11.1 Å². The highest BCUT2D eigenvalue weighted by Crippen LogP contribution is 2.50. The average molecular weight is 411 g/mol. The zero-order chi connectivity index (χ0) is 20.6. The summed E-state index contributed by atoms with van der Waals surface area (Å²) in [6.45, 7) is 0. The Morgan fingerprint density at radius 2 is 1.16 bits per heavy atom. The molecule has 2 aliphatic carbocycles. The summed E-state index contributed by atoms with van der Waals surface area (Å²) in [5.74, 6) is 0. The van der Waals surface area contributed by atoms with Gasteiger partial charge in [-0.05, 0) is 50.1 Å². The third-order valence-corrected chi connectivity index (χ3v) is 8.19. The minimum absolute atomic E-state index is 0.398. The van der Waals surface area contributed by atoms with Crippen LogP contribution in [0.1, 0.15) is 44.5 Å². The normalized spacial score (nSPS) is 18.8. The Hall–Kier alpha value is -3.42. The Bertz CT molecular complexity index is 1300. The quantitative estimate of drug-likeness (QED) is 0.313. The second kappa shape index (κ2) is 7.68. The summed E-state index contributed by atoms with van der Waals surface area (Å²) < 4.78 is 0. The third kappa shape index (κ3) is 3.13. The van der Waals surface area contributed by atoms with Crippen LogP contribution in [0, 0.1) is 0 Å². The first-order valence-corrected chi connectivity index (χ1v) is 12.0. The number of benzene rings is 4. The highest BCUT2D eigenvalue weighted by molar-refractivity contribution is 6.47. The van der Waals surface area contributed by atoms with Gasteiger partial charge < -0.3 is 0 Å². The second-order valence-electron chi connectivity index (χ2n) is 8.17. The van der Waals surface area contributed by atoms with Gasteiger partial charge in [-0.3, -0.25) is 0 Å². The lowest BCUT2D eigenvalue weighted by Crippen LogP contribution is -2.15. The van der Waals surface area contributed by atoms with E-state index in [1.165, 1.54) is 44.5 Å². The van der Waals surface area contributed by atoms with Crippen LogP contribution in [-0.2, 0) is 0 Å². The molecule has 0 aromatic heterocycles. The Kier molecular flexibility index (Phi) is 4.55. The summed E-state index contributed by atoms with van der Waals surface area (Å²) in [7, 11) is 0.766. The Morgan fingerprint density at radius 3 is 1.94 bits per heavy atom. The van der Waals surface area contributed by atoms with Crippen LogP contribution < -0.4 is 0 Å². The van der Waals surface area contributed by atoms with Gasteiger partial charge in [0.2, 0.25) is 0 Å². The number of hydrogen-bond donors (Lipinski definition) is 0. The summed E-state index contributed by atoms with van der Waals surface area (Å²) in [6, 6.07) is 39.8. The Labute approximate surface area is 186 Å². The van der Waals surface area contributed by atoms with Crippen LogP contribution in [-0.4, -0.2) is 9.52 Å². The topological polar surface area (TPSA) is 0 Å². The maximum absolute atomic E-state index is 2.41. The molecule has 0 fully saturated rings. The lowest BCUT2D eigenvalue weighted by atomic mass is 9.94. The fourth-order valence-corrected chi connectivity index (χ4v) is 6.93. The molecule has 4 aromatic carbocycles. The van der Waals surface area contributed by atoms with E-state index in [4.69, 9.17) is 0 Å². The van der Waals surface area contributed by atoms with E-state index in [1.54, 1.807) is 0 Å². The molecule has 31 heavy (non-hydrogen) atoms. The summed E-state index contributed by atoms with van der Waals surface area (Å²) in [5, 5.41) is 0. The number of rotatable bonds is 4. The molecule has 6 rings (SSSR count). The standard InChI is InChI=1S/C30H22Si/c1-3-12-22(13-4-1)28-25-17-9-10-18-26(25)30(29(28)23-14-5-2-6-15-23)31-27-20-19-21-11-7-8-16-24(21)27/h1-20,27,30H. The minimum Gasteiger partial charge on any atom is -0.0796 e. The van der Waals surface area contributed by atoms with Crippen molar-refractivity contribution in [3.05, 3.63) is 149 Å². The van der Waals surface area contributed by atoms with Crippen LogP contribution in [0.2, 0.25) is 0 Å². The monoisotopic (exact) mass is 410 g/mol. The zero-order valence-electron chi connectivity index (χ0n) is 17.2. The van der Waals surface area contributed by atoms with Crippen molar-refractivity contribution in [3.8, 4) is 0 Å². The molecule has 2 aliphatic rings. The molecular formula is C30H22Si. The molecule has 0 aliphatic heterocycles. The van der Waals surface area contributed by atoms with E-state index in [9.17, 15) is 0 Å². The van der Waals surface area contributed by atoms with Crippen molar-refractivity contribution in [2.75, 3.05) is 0 Å². The molecule has 0 amide bonds. The van der Waals surface area contributed by atoms with Gasteiger partial charge >= 0.3 is 0 Å². The van der Waals surface area contributed by atoms with Crippen molar-refractivity contribution in [1.82, 2.24) is 0 Å². The van der Waals surface area contributed by atoms with Gasteiger partial charge in [-0.1, -0.05) is 121 Å². The van der Waals surface area contributed by atoms with Crippen molar-refractivity contribution >= 4 is 26.7 Å². The Balaban J connectivity index is 1.54. The van der Waals surface area contributed by atoms with Crippen molar-refractivity contribution in [2.45, 2.75) is 11.1 Å². The highest BCUT2D eigenvalue weighted by Gasteiger charge is 2.35. The summed E-state index contributed by atoms with van der Waals surface area (Å²) in [4.78, 5) is 0. The van der Waals surface area contributed by atoms with Gasteiger partial charge in [-0.2, -0.15) is 0 Å².